The molecule has 0 heterocycles. The Morgan fingerprint density at radius 2 is 1.92 bits per heavy atom. The van der Waals surface area contributed by atoms with Gasteiger partial charge in [0.2, 0.25) is 0 Å². The molecular weight excluding hydrogens is 306 g/mol. The van der Waals surface area contributed by atoms with Gasteiger partial charge in [0, 0.05) is 6.54 Å². The van der Waals surface area contributed by atoms with E-state index in [9.17, 15) is 5.11 Å². The quantitative estimate of drug-likeness (QED) is 0.523. The van der Waals surface area contributed by atoms with Crippen molar-refractivity contribution < 1.29 is 14.6 Å². The van der Waals surface area contributed by atoms with E-state index in [0.29, 0.717) is 19.0 Å². The highest BCUT2D eigenvalue weighted by Crippen LogP contribution is 2.28. The van der Waals surface area contributed by atoms with E-state index in [-0.39, 0.29) is 0 Å². The highest BCUT2D eigenvalue weighted by atomic mass is 16.5. The summed E-state index contributed by atoms with van der Waals surface area (Å²) in [5.41, 5.74) is 6.35. The van der Waals surface area contributed by atoms with Crippen LogP contribution in [0, 0.1) is 0 Å². The number of hydrogen-bond acceptors (Lipinski definition) is 4. The Morgan fingerprint density at radius 3 is 2.58 bits per heavy atom. The topological polar surface area (TPSA) is 89.1 Å². The molecule has 0 atom stereocenters. The number of guanidine groups is 1. The molecule has 1 aromatic carbocycles. The first-order valence-electron chi connectivity index (χ1n) is 8.53. The zero-order valence-electron chi connectivity index (χ0n) is 14.7. The number of ether oxygens (including phenoxy) is 2. The number of nitrogens with two attached hydrogens (primary N) is 1. The van der Waals surface area contributed by atoms with Gasteiger partial charge in [0.15, 0.2) is 17.5 Å². The summed E-state index contributed by atoms with van der Waals surface area (Å²) in [5.74, 6) is 1.82. The molecule has 4 N–H and O–H groups in total. The molecule has 1 aliphatic carbocycles. The smallest absolute Gasteiger partial charge is 0.188 e. The van der Waals surface area contributed by atoms with Crippen LogP contribution in [0.4, 0.5) is 0 Å². The van der Waals surface area contributed by atoms with Gasteiger partial charge >= 0.3 is 0 Å². The molecule has 6 nitrogen and oxygen atoms in total. The normalized spacial score (nSPS) is 17.4. The first-order valence-corrected chi connectivity index (χ1v) is 8.53. The van der Waals surface area contributed by atoms with Gasteiger partial charge < -0.3 is 25.6 Å². The van der Waals surface area contributed by atoms with Crippen molar-refractivity contribution in [2.75, 3.05) is 27.3 Å². The Balaban J connectivity index is 1.79. The predicted molar refractivity (Wildman–Crippen MR) is 95.8 cm³/mol. The van der Waals surface area contributed by atoms with Gasteiger partial charge in [-0.25, -0.2) is 0 Å². The Hall–Kier alpha value is -1.95. The second-order valence-corrected chi connectivity index (χ2v) is 6.35. The molecule has 134 valence electrons. The molecule has 0 radical (unpaired) electrons. The van der Waals surface area contributed by atoms with Crippen molar-refractivity contribution in [3.05, 3.63) is 23.8 Å². The van der Waals surface area contributed by atoms with Gasteiger partial charge in [-0.2, -0.15) is 0 Å². The van der Waals surface area contributed by atoms with Gasteiger partial charge in [-0.15, -0.1) is 0 Å². The number of methoxy groups -OCH3 is 2. The fourth-order valence-corrected chi connectivity index (χ4v) is 3.03. The summed E-state index contributed by atoms with van der Waals surface area (Å²) in [4.78, 5) is 4.30. The Labute approximate surface area is 144 Å². The van der Waals surface area contributed by atoms with Crippen LogP contribution < -0.4 is 20.5 Å². The summed E-state index contributed by atoms with van der Waals surface area (Å²) in [7, 11) is 3.25. The lowest BCUT2D eigenvalue weighted by atomic mass is 9.85. The number of nitrogens with zero attached hydrogens (tertiary/aromatic N) is 1. The van der Waals surface area contributed by atoms with E-state index in [1.807, 2.05) is 18.2 Å². The van der Waals surface area contributed by atoms with Crippen LogP contribution in [0.5, 0.6) is 11.5 Å². The summed E-state index contributed by atoms with van der Waals surface area (Å²) >= 11 is 0. The number of rotatable bonds is 7. The summed E-state index contributed by atoms with van der Waals surface area (Å²) in [5, 5.41) is 13.5. The maximum atomic E-state index is 10.4. The fourth-order valence-electron chi connectivity index (χ4n) is 3.03. The van der Waals surface area contributed by atoms with E-state index in [1.165, 1.54) is 6.42 Å². The minimum absolute atomic E-state index is 0.377. The SMILES string of the molecule is COc1ccc(CCNC(N)=NCC2(O)CCCCC2)cc1OC. The van der Waals surface area contributed by atoms with Crippen LogP contribution in [-0.2, 0) is 6.42 Å². The number of aliphatic imine (C=N–C) groups is 1. The molecule has 24 heavy (non-hydrogen) atoms. The van der Waals surface area contributed by atoms with Crippen LogP contribution >= 0.6 is 0 Å². The standard InChI is InChI=1S/C18H29N3O3/c1-23-15-7-6-14(12-16(15)24-2)8-11-20-17(19)21-13-18(22)9-4-3-5-10-18/h6-7,12,22H,3-5,8-11,13H2,1-2H3,(H3,19,20,21). The number of aliphatic hydroxyl groups is 1. The van der Waals surface area contributed by atoms with E-state index in [0.717, 1.165) is 49.2 Å². The molecule has 6 heteroatoms. The van der Waals surface area contributed by atoms with Crippen molar-refractivity contribution in [1.29, 1.82) is 0 Å². The minimum atomic E-state index is -0.673. The van der Waals surface area contributed by atoms with E-state index in [4.69, 9.17) is 15.2 Å². The Kier molecular flexibility index (Phi) is 6.73. The lowest BCUT2D eigenvalue weighted by Crippen LogP contribution is -2.38. The monoisotopic (exact) mass is 335 g/mol. The lowest BCUT2D eigenvalue weighted by molar-refractivity contribution is 0.0132. The van der Waals surface area contributed by atoms with Crippen molar-refractivity contribution in [1.82, 2.24) is 5.32 Å². The molecule has 0 amide bonds. The van der Waals surface area contributed by atoms with Gasteiger partial charge in [0.25, 0.3) is 0 Å². The molecule has 0 aliphatic heterocycles. The molecule has 0 saturated heterocycles. The van der Waals surface area contributed by atoms with E-state index < -0.39 is 5.60 Å². The van der Waals surface area contributed by atoms with Crippen LogP contribution in [0.15, 0.2) is 23.2 Å². The first-order chi connectivity index (χ1) is 11.6. The fraction of sp³-hybridized carbons (Fsp3) is 0.611. The third kappa shape index (κ3) is 5.30. The minimum Gasteiger partial charge on any atom is -0.493 e. The second-order valence-electron chi connectivity index (χ2n) is 6.35. The molecule has 1 fully saturated rings. The molecule has 0 unspecified atom stereocenters. The molecule has 0 spiro atoms. The number of benzene rings is 1. The maximum absolute atomic E-state index is 10.4. The van der Waals surface area contributed by atoms with Crippen LogP contribution in [0.2, 0.25) is 0 Å². The number of hydrogen-bond donors (Lipinski definition) is 3. The van der Waals surface area contributed by atoms with Gasteiger partial charge in [0.1, 0.15) is 0 Å². The van der Waals surface area contributed by atoms with Gasteiger partial charge in [-0.3, -0.25) is 4.99 Å². The highest BCUT2D eigenvalue weighted by Gasteiger charge is 2.28. The molecule has 0 aromatic heterocycles. The second kappa shape index (κ2) is 8.78. The van der Waals surface area contributed by atoms with Crippen LogP contribution in [0.3, 0.4) is 0 Å². The van der Waals surface area contributed by atoms with E-state index >= 15 is 0 Å². The zero-order chi connectivity index (χ0) is 17.4. The molecule has 2 rings (SSSR count). The largest absolute Gasteiger partial charge is 0.493 e. The molecule has 0 bridgehead atoms. The van der Waals surface area contributed by atoms with Crippen molar-refractivity contribution >= 4 is 5.96 Å². The Morgan fingerprint density at radius 1 is 1.21 bits per heavy atom. The Bertz CT molecular complexity index is 554. The van der Waals surface area contributed by atoms with Crippen LogP contribution in [0.25, 0.3) is 0 Å². The molecule has 1 saturated carbocycles. The van der Waals surface area contributed by atoms with Crippen molar-refractivity contribution in [3.8, 4) is 11.5 Å². The average Bonchev–Trinajstić information content (AvgIpc) is 2.60. The summed E-state index contributed by atoms with van der Waals surface area (Å²) in [6.07, 6.45) is 5.76. The summed E-state index contributed by atoms with van der Waals surface area (Å²) in [6, 6.07) is 5.85. The third-order valence-electron chi connectivity index (χ3n) is 4.50. The summed E-state index contributed by atoms with van der Waals surface area (Å²) < 4.78 is 10.5. The van der Waals surface area contributed by atoms with Crippen LogP contribution in [-0.4, -0.2) is 44.0 Å². The van der Waals surface area contributed by atoms with E-state index in [1.54, 1.807) is 14.2 Å². The molecule has 1 aliphatic rings. The summed E-state index contributed by atoms with van der Waals surface area (Å²) in [6.45, 7) is 1.05. The van der Waals surface area contributed by atoms with Gasteiger partial charge in [-0.1, -0.05) is 25.3 Å². The van der Waals surface area contributed by atoms with Gasteiger partial charge in [0.05, 0.1) is 26.4 Å². The van der Waals surface area contributed by atoms with E-state index in [2.05, 4.69) is 10.3 Å². The molecule has 1 aromatic rings. The van der Waals surface area contributed by atoms with Crippen LogP contribution in [0.1, 0.15) is 37.7 Å². The first kappa shape index (κ1) is 18.4. The lowest BCUT2D eigenvalue weighted by Gasteiger charge is -2.30. The maximum Gasteiger partial charge on any atom is 0.188 e. The third-order valence-corrected chi connectivity index (χ3v) is 4.50. The molecular formula is C18H29N3O3. The average molecular weight is 335 g/mol. The predicted octanol–water partition coefficient (Wildman–Crippen LogP) is 1.85. The van der Waals surface area contributed by atoms with Crippen molar-refractivity contribution in [3.63, 3.8) is 0 Å². The zero-order valence-corrected chi connectivity index (χ0v) is 14.7. The van der Waals surface area contributed by atoms with Gasteiger partial charge in [-0.05, 0) is 37.0 Å². The van der Waals surface area contributed by atoms with Crippen molar-refractivity contribution in [2.45, 2.75) is 44.1 Å². The highest BCUT2D eigenvalue weighted by molar-refractivity contribution is 5.77. The number of nitrogens with one attached hydrogen (secondary N) is 1. The van der Waals surface area contributed by atoms with Crippen molar-refractivity contribution in [2.24, 2.45) is 10.7 Å².